The Morgan fingerprint density at radius 3 is 2.10 bits per heavy atom. The zero-order valence-corrected chi connectivity index (χ0v) is 12.6. The third-order valence-electron chi connectivity index (χ3n) is 3.01. The van der Waals surface area contributed by atoms with Gasteiger partial charge in [0.15, 0.2) is 0 Å². The maximum atomic E-state index is 11.9. The van der Waals surface area contributed by atoms with Crippen molar-refractivity contribution >= 4 is 15.7 Å². The number of carbonyl (C=O) groups excluding carboxylic acids is 1. The second kappa shape index (κ2) is 6.54. The van der Waals surface area contributed by atoms with Crippen LogP contribution in [0.15, 0.2) is 54.6 Å². The molecule has 0 saturated carbocycles. The summed E-state index contributed by atoms with van der Waals surface area (Å²) in [4.78, 5) is 11.9. The van der Waals surface area contributed by atoms with E-state index in [0.29, 0.717) is 5.56 Å². The third kappa shape index (κ3) is 4.72. The van der Waals surface area contributed by atoms with E-state index >= 15 is 0 Å². The Kier molecular flexibility index (Phi) is 4.75. The summed E-state index contributed by atoms with van der Waals surface area (Å²) in [6, 6.07) is 17.1. The monoisotopic (exact) mass is 303 g/mol. The molecule has 4 nitrogen and oxygen atoms in total. The lowest BCUT2D eigenvalue weighted by Crippen LogP contribution is -2.28. The van der Waals surface area contributed by atoms with Crippen LogP contribution >= 0.6 is 0 Å². The van der Waals surface area contributed by atoms with Crippen molar-refractivity contribution in [2.45, 2.75) is 0 Å². The molecular formula is C16H17NO3S. The van der Waals surface area contributed by atoms with Gasteiger partial charge in [-0.05, 0) is 23.3 Å². The highest BCUT2D eigenvalue weighted by molar-refractivity contribution is 7.90. The van der Waals surface area contributed by atoms with Crippen LogP contribution in [0.25, 0.3) is 11.1 Å². The van der Waals surface area contributed by atoms with Gasteiger partial charge in [-0.2, -0.15) is 0 Å². The molecule has 0 saturated heterocycles. The number of amides is 1. The van der Waals surface area contributed by atoms with E-state index in [9.17, 15) is 13.2 Å². The number of sulfone groups is 1. The highest BCUT2D eigenvalue weighted by atomic mass is 32.2. The number of carbonyl (C=O) groups is 1. The molecule has 0 spiro atoms. The first-order chi connectivity index (χ1) is 9.96. The van der Waals surface area contributed by atoms with Gasteiger partial charge in [0, 0.05) is 18.4 Å². The standard InChI is InChI=1S/C16H17NO3S/c1-21(19,20)12-11-17-16(18)15-9-7-14(8-10-15)13-5-3-2-4-6-13/h2-10H,11-12H2,1H3,(H,17,18). The predicted molar refractivity (Wildman–Crippen MR) is 83.9 cm³/mol. The van der Waals surface area contributed by atoms with E-state index < -0.39 is 9.84 Å². The lowest BCUT2D eigenvalue weighted by atomic mass is 10.0. The minimum Gasteiger partial charge on any atom is -0.351 e. The van der Waals surface area contributed by atoms with E-state index in [1.54, 1.807) is 12.1 Å². The van der Waals surface area contributed by atoms with E-state index in [1.165, 1.54) is 0 Å². The predicted octanol–water partition coefficient (Wildman–Crippen LogP) is 2.13. The molecule has 0 heterocycles. The molecule has 0 unspecified atom stereocenters. The van der Waals surface area contributed by atoms with Crippen molar-refractivity contribution in [3.8, 4) is 11.1 Å². The summed E-state index contributed by atoms with van der Waals surface area (Å²) < 4.78 is 22.0. The second-order valence-electron chi connectivity index (χ2n) is 4.83. The molecule has 2 rings (SSSR count). The lowest BCUT2D eigenvalue weighted by molar-refractivity contribution is 0.0956. The number of nitrogens with one attached hydrogen (secondary N) is 1. The quantitative estimate of drug-likeness (QED) is 0.920. The molecule has 2 aromatic carbocycles. The zero-order chi connectivity index (χ0) is 15.3. The van der Waals surface area contributed by atoms with E-state index in [2.05, 4.69) is 5.32 Å². The molecule has 0 fully saturated rings. The van der Waals surface area contributed by atoms with Crippen molar-refractivity contribution in [3.05, 3.63) is 60.2 Å². The fourth-order valence-corrected chi connectivity index (χ4v) is 2.37. The Morgan fingerprint density at radius 2 is 1.52 bits per heavy atom. The van der Waals surface area contributed by atoms with E-state index in [-0.39, 0.29) is 18.2 Å². The molecule has 0 atom stereocenters. The van der Waals surface area contributed by atoms with Crippen molar-refractivity contribution < 1.29 is 13.2 Å². The van der Waals surface area contributed by atoms with Crippen LogP contribution in [-0.4, -0.2) is 32.9 Å². The van der Waals surface area contributed by atoms with Crippen molar-refractivity contribution in [1.29, 1.82) is 0 Å². The van der Waals surface area contributed by atoms with Crippen LogP contribution in [0.1, 0.15) is 10.4 Å². The van der Waals surface area contributed by atoms with Gasteiger partial charge < -0.3 is 5.32 Å². The van der Waals surface area contributed by atoms with Gasteiger partial charge in [-0.1, -0.05) is 42.5 Å². The summed E-state index contributed by atoms with van der Waals surface area (Å²) in [5, 5.41) is 2.60. The highest BCUT2D eigenvalue weighted by Crippen LogP contribution is 2.19. The van der Waals surface area contributed by atoms with Crippen LogP contribution in [0.5, 0.6) is 0 Å². The van der Waals surface area contributed by atoms with Gasteiger partial charge >= 0.3 is 0 Å². The number of benzene rings is 2. The molecule has 1 amide bonds. The fraction of sp³-hybridized carbons (Fsp3) is 0.188. The summed E-state index contributed by atoms with van der Waals surface area (Å²) in [6.07, 6.45) is 1.15. The van der Waals surface area contributed by atoms with Crippen LogP contribution in [-0.2, 0) is 9.84 Å². The number of hydrogen-bond acceptors (Lipinski definition) is 3. The van der Waals surface area contributed by atoms with Gasteiger partial charge in [-0.25, -0.2) is 8.42 Å². The first-order valence-corrected chi connectivity index (χ1v) is 8.63. The van der Waals surface area contributed by atoms with Gasteiger partial charge in [-0.3, -0.25) is 4.79 Å². The van der Waals surface area contributed by atoms with Crippen LogP contribution in [0.3, 0.4) is 0 Å². The first-order valence-electron chi connectivity index (χ1n) is 6.57. The molecule has 0 aliphatic carbocycles. The summed E-state index contributed by atoms with van der Waals surface area (Å²) in [5.74, 6) is -0.320. The second-order valence-corrected chi connectivity index (χ2v) is 7.09. The van der Waals surface area contributed by atoms with Crippen LogP contribution in [0.2, 0.25) is 0 Å². The summed E-state index contributed by atoms with van der Waals surface area (Å²) >= 11 is 0. The summed E-state index contributed by atoms with van der Waals surface area (Å²) in [7, 11) is -3.06. The Morgan fingerprint density at radius 1 is 0.952 bits per heavy atom. The largest absolute Gasteiger partial charge is 0.351 e. The maximum Gasteiger partial charge on any atom is 0.251 e. The Balaban J connectivity index is 2.00. The summed E-state index contributed by atoms with van der Waals surface area (Å²) in [6.45, 7) is 0.123. The molecular weight excluding hydrogens is 286 g/mol. The van der Waals surface area contributed by atoms with Crippen molar-refractivity contribution in [3.63, 3.8) is 0 Å². The SMILES string of the molecule is CS(=O)(=O)CCNC(=O)c1ccc(-c2ccccc2)cc1. The maximum absolute atomic E-state index is 11.9. The Bertz CT molecular complexity index is 707. The Hall–Kier alpha value is -2.14. The van der Waals surface area contributed by atoms with E-state index in [1.807, 2.05) is 42.5 Å². The minimum absolute atomic E-state index is 0.0547. The van der Waals surface area contributed by atoms with Gasteiger partial charge in [0.2, 0.25) is 0 Å². The van der Waals surface area contributed by atoms with E-state index in [0.717, 1.165) is 17.4 Å². The highest BCUT2D eigenvalue weighted by Gasteiger charge is 2.07. The Labute approximate surface area is 124 Å². The fourth-order valence-electron chi connectivity index (χ4n) is 1.90. The van der Waals surface area contributed by atoms with Crippen LogP contribution in [0, 0.1) is 0 Å². The summed E-state index contributed by atoms with van der Waals surface area (Å²) in [5.41, 5.74) is 2.63. The van der Waals surface area contributed by atoms with Crippen LogP contribution < -0.4 is 5.32 Å². The average Bonchev–Trinajstić information content (AvgIpc) is 2.47. The molecule has 5 heteroatoms. The van der Waals surface area contributed by atoms with Crippen molar-refractivity contribution in [2.24, 2.45) is 0 Å². The average molecular weight is 303 g/mol. The molecule has 0 aliphatic rings. The number of rotatable bonds is 5. The number of hydrogen-bond donors (Lipinski definition) is 1. The topological polar surface area (TPSA) is 63.2 Å². The lowest BCUT2D eigenvalue weighted by Gasteiger charge is -2.06. The van der Waals surface area contributed by atoms with E-state index in [4.69, 9.17) is 0 Å². The molecule has 0 aliphatic heterocycles. The first kappa shape index (κ1) is 15.3. The molecule has 21 heavy (non-hydrogen) atoms. The zero-order valence-electron chi connectivity index (χ0n) is 11.7. The van der Waals surface area contributed by atoms with Gasteiger partial charge in [0.25, 0.3) is 5.91 Å². The van der Waals surface area contributed by atoms with Gasteiger partial charge in [-0.15, -0.1) is 0 Å². The molecule has 0 bridgehead atoms. The molecule has 110 valence electrons. The smallest absolute Gasteiger partial charge is 0.251 e. The van der Waals surface area contributed by atoms with Gasteiger partial charge in [0.05, 0.1) is 5.75 Å². The normalized spacial score (nSPS) is 11.1. The molecule has 1 N–H and O–H groups in total. The molecule has 0 radical (unpaired) electrons. The van der Waals surface area contributed by atoms with Crippen LogP contribution in [0.4, 0.5) is 0 Å². The van der Waals surface area contributed by atoms with Crippen molar-refractivity contribution in [1.82, 2.24) is 5.32 Å². The third-order valence-corrected chi connectivity index (χ3v) is 3.96. The molecule has 0 aromatic heterocycles. The van der Waals surface area contributed by atoms with Crippen molar-refractivity contribution in [2.75, 3.05) is 18.6 Å². The van der Waals surface area contributed by atoms with Gasteiger partial charge in [0.1, 0.15) is 9.84 Å². The minimum atomic E-state index is -3.06. The molecule has 2 aromatic rings.